The minimum Gasteiger partial charge on any atom is -0.491 e. The first-order valence-corrected chi connectivity index (χ1v) is 10.5. The second-order valence-corrected chi connectivity index (χ2v) is 7.95. The summed E-state index contributed by atoms with van der Waals surface area (Å²) in [5.74, 6) is 3.54. The zero-order chi connectivity index (χ0) is 18.8. The van der Waals surface area contributed by atoms with Crippen molar-refractivity contribution in [3.8, 4) is 17.2 Å². The summed E-state index contributed by atoms with van der Waals surface area (Å²) in [6.07, 6.45) is 3.54. The predicted molar refractivity (Wildman–Crippen MR) is 110 cm³/mol. The zero-order valence-electron chi connectivity index (χ0n) is 16.2. The Morgan fingerprint density at radius 2 is 1.79 bits per heavy atom. The van der Waals surface area contributed by atoms with Crippen LogP contribution in [0.25, 0.3) is 0 Å². The molecule has 0 bridgehead atoms. The van der Waals surface area contributed by atoms with Crippen LogP contribution in [0.15, 0.2) is 42.5 Å². The molecule has 0 aliphatic carbocycles. The van der Waals surface area contributed by atoms with Gasteiger partial charge in [0.05, 0.1) is 12.3 Å². The fraction of sp³-hybridized carbons (Fsp3) is 0.478. The lowest BCUT2D eigenvalue weighted by atomic mass is 9.96. The summed E-state index contributed by atoms with van der Waals surface area (Å²) >= 11 is 0. The van der Waals surface area contributed by atoms with E-state index in [-0.39, 0.29) is 6.10 Å². The first-order chi connectivity index (χ1) is 13.9. The standard InChI is InChI=1S/C23H28N2O3/c1-2-7-22-21(6-1)27-16-19(28-22)15-24-14-17-8-11-25(12-9-17)20-5-3-4-18-10-13-26-23(18)20/h1-7,17,19,24H,8-16H2/t19-/m0/s1. The van der Waals surface area contributed by atoms with Crippen molar-refractivity contribution < 1.29 is 14.2 Å². The van der Waals surface area contributed by atoms with Gasteiger partial charge >= 0.3 is 0 Å². The summed E-state index contributed by atoms with van der Waals surface area (Å²) in [6, 6.07) is 14.5. The van der Waals surface area contributed by atoms with E-state index in [0.29, 0.717) is 12.5 Å². The lowest BCUT2D eigenvalue weighted by Gasteiger charge is -2.34. The third-order valence-electron chi connectivity index (χ3n) is 6.02. The Balaban J connectivity index is 1.08. The smallest absolute Gasteiger partial charge is 0.161 e. The van der Waals surface area contributed by atoms with Crippen molar-refractivity contribution >= 4 is 5.69 Å². The quantitative estimate of drug-likeness (QED) is 0.862. The van der Waals surface area contributed by atoms with E-state index in [9.17, 15) is 0 Å². The van der Waals surface area contributed by atoms with Crippen molar-refractivity contribution in [1.82, 2.24) is 5.32 Å². The van der Waals surface area contributed by atoms with E-state index < -0.39 is 0 Å². The number of nitrogens with zero attached hydrogens (tertiary/aromatic N) is 1. The molecule has 0 saturated carbocycles. The van der Waals surface area contributed by atoms with Gasteiger partial charge in [0.15, 0.2) is 11.5 Å². The first-order valence-electron chi connectivity index (χ1n) is 10.5. The molecule has 3 aliphatic heterocycles. The molecule has 0 amide bonds. The molecule has 0 aromatic heterocycles. The summed E-state index contributed by atoms with van der Waals surface area (Å²) in [4.78, 5) is 2.50. The Bertz CT molecular complexity index is 817. The second kappa shape index (κ2) is 7.92. The van der Waals surface area contributed by atoms with Gasteiger partial charge in [0, 0.05) is 26.1 Å². The van der Waals surface area contributed by atoms with Gasteiger partial charge in [-0.15, -0.1) is 0 Å². The average molecular weight is 380 g/mol. The Hall–Kier alpha value is -2.40. The van der Waals surface area contributed by atoms with E-state index in [2.05, 4.69) is 28.4 Å². The molecule has 148 valence electrons. The van der Waals surface area contributed by atoms with E-state index in [1.54, 1.807) is 0 Å². The molecule has 28 heavy (non-hydrogen) atoms. The van der Waals surface area contributed by atoms with Crippen molar-refractivity contribution in [2.24, 2.45) is 5.92 Å². The molecule has 5 rings (SSSR count). The van der Waals surface area contributed by atoms with E-state index in [1.807, 2.05) is 24.3 Å². The monoisotopic (exact) mass is 380 g/mol. The lowest BCUT2D eigenvalue weighted by Crippen LogP contribution is -2.42. The molecule has 3 aliphatic rings. The highest BCUT2D eigenvalue weighted by Gasteiger charge is 2.25. The molecule has 0 spiro atoms. The van der Waals surface area contributed by atoms with Gasteiger partial charge in [0.2, 0.25) is 0 Å². The number of piperidine rings is 1. The van der Waals surface area contributed by atoms with E-state index in [1.165, 1.54) is 24.1 Å². The van der Waals surface area contributed by atoms with Crippen LogP contribution in [0.4, 0.5) is 5.69 Å². The first kappa shape index (κ1) is 17.7. The number of hydrogen-bond acceptors (Lipinski definition) is 5. The number of anilines is 1. The van der Waals surface area contributed by atoms with Crippen molar-refractivity contribution in [2.45, 2.75) is 25.4 Å². The van der Waals surface area contributed by atoms with Gasteiger partial charge in [-0.3, -0.25) is 0 Å². The second-order valence-electron chi connectivity index (χ2n) is 7.95. The highest BCUT2D eigenvalue weighted by molar-refractivity contribution is 5.63. The van der Waals surface area contributed by atoms with Crippen LogP contribution >= 0.6 is 0 Å². The molecule has 2 aromatic carbocycles. The molecule has 3 heterocycles. The van der Waals surface area contributed by atoms with E-state index >= 15 is 0 Å². The van der Waals surface area contributed by atoms with Gasteiger partial charge in [-0.05, 0) is 49.1 Å². The molecule has 0 radical (unpaired) electrons. The van der Waals surface area contributed by atoms with Crippen molar-refractivity contribution in [1.29, 1.82) is 0 Å². The summed E-state index contributed by atoms with van der Waals surface area (Å²) in [6.45, 7) is 5.50. The van der Waals surface area contributed by atoms with Gasteiger partial charge in [-0.2, -0.15) is 0 Å². The number of ether oxygens (including phenoxy) is 3. The maximum absolute atomic E-state index is 6.03. The maximum Gasteiger partial charge on any atom is 0.161 e. The minimum absolute atomic E-state index is 0.0824. The lowest BCUT2D eigenvalue weighted by molar-refractivity contribution is 0.0894. The van der Waals surface area contributed by atoms with Crippen LogP contribution in [0.3, 0.4) is 0 Å². The number of hydrogen-bond donors (Lipinski definition) is 1. The third kappa shape index (κ3) is 3.63. The summed E-state index contributed by atoms with van der Waals surface area (Å²) < 4.78 is 17.7. The van der Waals surface area contributed by atoms with Gasteiger partial charge in [0.1, 0.15) is 18.5 Å². The highest BCUT2D eigenvalue weighted by atomic mass is 16.6. The van der Waals surface area contributed by atoms with Crippen molar-refractivity contribution in [3.63, 3.8) is 0 Å². The Labute approximate surface area is 166 Å². The molecule has 1 saturated heterocycles. The van der Waals surface area contributed by atoms with Crippen LogP contribution in [-0.2, 0) is 6.42 Å². The maximum atomic E-state index is 6.03. The minimum atomic E-state index is 0.0824. The van der Waals surface area contributed by atoms with Crippen LogP contribution in [-0.4, -0.2) is 45.5 Å². The number of nitrogens with one attached hydrogen (secondary N) is 1. The zero-order valence-corrected chi connectivity index (χ0v) is 16.2. The molecule has 1 atom stereocenters. The van der Waals surface area contributed by atoms with E-state index in [0.717, 1.165) is 56.5 Å². The van der Waals surface area contributed by atoms with Gasteiger partial charge in [0.25, 0.3) is 0 Å². The summed E-state index contributed by atoms with van der Waals surface area (Å²) in [7, 11) is 0. The van der Waals surface area contributed by atoms with Crippen molar-refractivity contribution in [3.05, 3.63) is 48.0 Å². The Morgan fingerprint density at radius 3 is 2.68 bits per heavy atom. The predicted octanol–water partition coefficient (Wildman–Crippen LogP) is 3.27. The molecule has 5 nitrogen and oxygen atoms in total. The molecule has 1 N–H and O–H groups in total. The van der Waals surface area contributed by atoms with Crippen LogP contribution in [0.1, 0.15) is 18.4 Å². The van der Waals surface area contributed by atoms with Crippen molar-refractivity contribution in [2.75, 3.05) is 44.3 Å². The topological polar surface area (TPSA) is 43.0 Å². The number of benzene rings is 2. The van der Waals surface area contributed by atoms with Gasteiger partial charge in [-0.1, -0.05) is 24.3 Å². The number of rotatable bonds is 5. The third-order valence-corrected chi connectivity index (χ3v) is 6.02. The average Bonchev–Trinajstić information content (AvgIpc) is 3.23. The summed E-state index contributed by atoms with van der Waals surface area (Å²) in [5.41, 5.74) is 2.64. The van der Waals surface area contributed by atoms with Crippen LogP contribution in [0.2, 0.25) is 0 Å². The fourth-order valence-corrected chi connectivity index (χ4v) is 4.44. The molecule has 5 heteroatoms. The normalized spacial score (nSPS) is 21.3. The van der Waals surface area contributed by atoms with Gasteiger partial charge in [-0.25, -0.2) is 0 Å². The van der Waals surface area contributed by atoms with Gasteiger partial charge < -0.3 is 24.4 Å². The molecule has 2 aromatic rings. The SMILES string of the molecule is c1ccc2c(c1)OC[C@H](CNCC1CCN(c3cccc4c3OCC4)CC1)O2. The molecule has 1 fully saturated rings. The van der Waals surface area contributed by atoms with Crippen LogP contribution < -0.4 is 24.4 Å². The van der Waals surface area contributed by atoms with Crippen LogP contribution in [0.5, 0.6) is 17.2 Å². The summed E-state index contributed by atoms with van der Waals surface area (Å²) in [5, 5.41) is 3.60. The Morgan fingerprint density at radius 1 is 0.929 bits per heavy atom. The fourth-order valence-electron chi connectivity index (χ4n) is 4.44. The van der Waals surface area contributed by atoms with Crippen LogP contribution in [0, 0.1) is 5.92 Å². The number of para-hydroxylation sites is 3. The molecular formula is C23H28N2O3. The number of fused-ring (bicyclic) bond motifs is 2. The molecular weight excluding hydrogens is 352 g/mol. The van der Waals surface area contributed by atoms with E-state index in [4.69, 9.17) is 14.2 Å². The highest BCUT2D eigenvalue weighted by Crippen LogP contribution is 2.37. The Kier molecular flexibility index (Phi) is 5.00. The molecule has 0 unspecified atom stereocenters. The largest absolute Gasteiger partial charge is 0.491 e.